The molecule has 1 aromatic carbocycles. The van der Waals surface area contributed by atoms with Gasteiger partial charge in [-0.1, -0.05) is 0 Å². The molecule has 178 valence electrons. The van der Waals surface area contributed by atoms with Crippen LogP contribution in [0.25, 0.3) is 0 Å². The van der Waals surface area contributed by atoms with Gasteiger partial charge in [-0.3, -0.25) is 0 Å². The summed E-state index contributed by atoms with van der Waals surface area (Å²) in [5, 5.41) is 3.31. The van der Waals surface area contributed by atoms with Crippen LogP contribution in [0, 0.1) is 0 Å². The number of hydrogen-bond acceptors (Lipinski definition) is 9. The smallest absolute Gasteiger partial charge is 0.229 e. The predicted octanol–water partition coefficient (Wildman–Crippen LogP) is 3.45. The van der Waals surface area contributed by atoms with E-state index in [1.54, 1.807) is 19.6 Å². The SMILES string of the molecule is COc1ccc(Nc2nccc(N3CCc4ncncc4C3)n2)cc1OCCCN1CCCC1. The second kappa shape index (κ2) is 10.6. The van der Waals surface area contributed by atoms with Gasteiger partial charge in [0.05, 0.1) is 19.4 Å². The van der Waals surface area contributed by atoms with E-state index in [2.05, 4.69) is 30.1 Å². The molecule has 5 rings (SSSR count). The maximum Gasteiger partial charge on any atom is 0.229 e. The van der Waals surface area contributed by atoms with Gasteiger partial charge in [-0.15, -0.1) is 0 Å². The first-order valence-corrected chi connectivity index (χ1v) is 11.9. The fraction of sp³-hybridized carbons (Fsp3) is 0.440. The third kappa shape index (κ3) is 5.36. The molecule has 0 aliphatic carbocycles. The van der Waals surface area contributed by atoms with Gasteiger partial charge in [-0.05, 0) is 50.6 Å². The highest BCUT2D eigenvalue weighted by Crippen LogP contribution is 2.31. The van der Waals surface area contributed by atoms with Crippen molar-refractivity contribution < 1.29 is 9.47 Å². The first-order valence-electron chi connectivity index (χ1n) is 11.9. The topological polar surface area (TPSA) is 88.5 Å². The van der Waals surface area contributed by atoms with Gasteiger partial charge in [-0.25, -0.2) is 15.0 Å². The van der Waals surface area contributed by atoms with Crippen LogP contribution in [0.4, 0.5) is 17.5 Å². The van der Waals surface area contributed by atoms with Crippen molar-refractivity contribution in [2.75, 3.05) is 50.1 Å². The molecule has 9 heteroatoms. The van der Waals surface area contributed by atoms with Gasteiger partial charge in [0.25, 0.3) is 0 Å². The highest BCUT2D eigenvalue weighted by molar-refractivity contribution is 5.60. The Hall–Kier alpha value is -3.46. The van der Waals surface area contributed by atoms with Crippen LogP contribution in [-0.4, -0.2) is 64.7 Å². The quantitative estimate of drug-likeness (QED) is 0.481. The number of anilines is 3. The average Bonchev–Trinajstić information content (AvgIpc) is 3.40. The van der Waals surface area contributed by atoms with E-state index >= 15 is 0 Å². The molecule has 4 heterocycles. The lowest BCUT2D eigenvalue weighted by atomic mass is 10.1. The third-order valence-corrected chi connectivity index (χ3v) is 6.32. The molecule has 1 N–H and O–H groups in total. The molecule has 34 heavy (non-hydrogen) atoms. The molecule has 1 saturated heterocycles. The zero-order valence-corrected chi connectivity index (χ0v) is 19.6. The molecule has 3 aromatic rings. The molecule has 2 aliphatic heterocycles. The molecule has 0 bridgehead atoms. The van der Waals surface area contributed by atoms with Crippen LogP contribution in [-0.2, 0) is 13.0 Å². The summed E-state index contributed by atoms with van der Waals surface area (Å²) >= 11 is 0. The molecule has 0 radical (unpaired) electrons. The van der Waals surface area contributed by atoms with Gasteiger partial charge in [-0.2, -0.15) is 4.98 Å². The van der Waals surface area contributed by atoms with Crippen molar-refractivity contribution in [1.82, 2.24) is 24.8 Å². The van der Waals surface area contributed by atoms with Gasteiger partial charge in [0, 0.05) is 55.8 Å². The van der Waals surface area contributed by atoms with Crippen LogP contribution in [0.2, 0.25) is 0 Å². The van der Waals surface area contributed by atoms with Crippen molar-refractivity contribution in [3.8, 4) is 11.5 Å². The highest BCUT2D eigenvalue weighted by atomic mass is 16.5. The van der Waals surface area contributed by atoms with Gasteiger partial charge in [0.2, 0.25) is 5.95 Å². The van der Waals surface area contributed by atoms with E-state index in [1.165, 1.54) is 25.9 Å². The minimum atomic E-state index is 0.540. The van der Waals surface area contributed by atoms with E-state index in [4.69, 9.17) is 14.5 Å². The Bertz CT molecular complexity index is 1100. The first-order chi connectivity index (χ1) is 16.8. The fourth-order valence-electron chi connectivity index (χ4n) is 4.52. The molecule has 2 aromatic heterocycles. The molecular formula is C25H31N7O2. The van der Waals surface area contributed by atoms with Crippen molar-refractivity contribution in [2.24, 2.45) is 0 Å². The third-order valence-electron chi connectivity index (χ3n) is 6.32. The fourth-order valence-corrected chi connectivity index (χ4v) is 4.52. The van der Waals surface area contributed by atoms with Crippen molar-refractivity contribution in [1.29, 1.82) is 0 Å². The van der Waals surface area contributed by atoms with E-state index < -0.39 is 0 Å². The molecule has 0 atom stereocenters. The Morgan fingerprint density at radius 2 is 1.97 bits per heavy atom. The summed E-state index contributed by atoms with van der Waals surface area (Å²) in [4.78, 5) is 22.4. The number of fused-ring (bicyclic) bond motifs is 1. The van der Waals surface area contributed by atoms with Crippen molar-refractivity contribution in [3.63, 3.8) is 0 Å². The van der Waals surface area contributed by atoms with Crippen molar-refractivity contribution in [2.45, 2.75) is 32.2 Å². The number of methoxy groups -OCH3 is 1. The first kappa shape index (κ1) is 22.3. The van der Waals surface area contributed by atoms with E-state index in [9.17, 15) is 0 Å². The monoisotopic (exact) mass is 461 g/mol. The molecular weight excluding hydrogens is 430 g/mol. The summed E-state index contributed by atoms with van der Waals surface area (Å²) in [5.41, 5.74) is 3.11. The van der Waals surface area contributed by atoms with E-state index in [1.807, 2.05) is 30.5 Å². The van der Waals surface area contributed by atoms with Gasteiger partial charge in [0.15, 0.2) is 11.5 Å². The second-order valence-corrected chi connectivity index (χ2v) is 8.65. The number of nitrogens with one attached hydrogen (secondary N) is 1. The molecule has 0 amide bonds. The zero-order chi connectivity index (χ0) is 23.2. The Balaban J connectivity index is 1.23. The van der Waals surface area contributed by atoms with Crippen LogP contribution < -0.4 is 19.7 Å². The lowest BCUT2D eigenvalue weighted by Crippen LogP contribution is -2.31. The molecule has 0 saturated carbocycles. The lowest BCUT2D eigenvalue weighted by Gasteiger charge is -2.28. The summed E-state index contributed by atoms with van der Waals surface area (Å²) in [6.45, 7) is 5.75. The van der Waals surface area contributed by atoms with Gasteiger partial charge in [0.1, 0.15) is 12.1 Å². The number of hydrogen-bond donors (Lipinski definition) is 1. The van der Waals surface area contributed by atoms with Gasteiger partial charge < -0.3 is 24.6 Å². The summed E-state index contributed by atoms with van der Waals surface area (Å²) in [6, 6.07) is 7.73. The van der Waals surface area contributed by atoms with E-state index in [0.717, 1.165) is 66.7 Å². The summed E-state index contributed by atoms with van der Waals surface area (Å²) in [6.07, 6.45) is 9.77. The standard InChI is InChI=1S/C25H31N7O2/c1-33-22-6-5-20(15-23(22)34-14-4-12-31-10-2-3-11-31)29-25-27-9-7-24(30-25)32-13-8-21-19(17-32)16-26-18-28-21/h5-7,9,15-16,18H,2-4,8,10-14,17H2,1H3,(H,27,29,30). The Kier molecular flexibility index (Phi) is 6.99. The zero-order valence-electron chi connectivity index (χ0n) is 19.6. The van der Waals surface area contributed by atoms with E-state index in [-0.39, 0.29) is 0 Å². The highest BCUT2D eigenvalue weighted by Gasteiger charge is 2.19. The van der Waals surface area contributed by atoms with Crippen LogP contribution >= 0.6 is 0 Å². The van der Waals surface area contributed by atoms with Crippen LogP contribution in [0.3, 0.4) is 0 Å². The Morgan fingerprint density at radius 3 is 2.85 bits per heavy atom. The number of rotatable bonds is 9. The number of ether oxygens (including phenoxy) is 2. The molecule has 1 fully saturated rings. The maximum absolute atomic E-state index is 6.07. The molecule has 0 unspecified atom stereocenters. The molecule has 0 spiro atoms. The predicted molar refractivity (Wildman–Crippen MR) is 131 cm³/mol. The van der Waals surface area contributed by atoms with Crippen LogP contribution in [0.1, 0.15) is 30.5 Å². The number of nitrogens with zero attached hydrogens (tertiary/aromatic N) is 6. The van der Waals surface area contributed by atoms with Crippen LogP contribution in [0.15, 0.2) is 43.0 Å². The Labute approximate surface area is 200 Å². The average molecular weight is 462 g/mol. The van der Waals surface area contributed by atoms with E-state index in [0.29, 0.717) is 12.6 Å². The molecule has 9 nitrogen and oxygen atoms in total. The maximum atomic E-state index is 6.07. The minimum absolute atomic E-state index is 0.540. The van der Waals surface area contributed by atoms with Gasteiger partial charge >= 0.3 is 0 Å². The van der Waals surface area contributed by atoms with Crippen molar-refractivity contribution >= 4 is 17.5 Å². The Morgan fingerprint density at radius 1 is 1.06 bits per heavy atom. The van der Waals surface area contributed by atoms with Crippen molar-refractivity contribution in [3.05, 3.63) is 54.2 Å². The normalized spacial score (nSPS) is 15.7. The molecule has 2 aliphatic rings. The summed E-state index contributed by atoms with van der Waals surface area (Å²) in [5.74, 6) is 2.85. The number of benzene rings is 1. The minimum Gasteiger partial charge on any atom is -0.493 e. The largest absolute Gasteiger partial charge is 0.493 e. The summed E-state index contributed by atoms with van der Waals surface area (Å²) in [7, 11) is 1.66. The van der Waals surface area contributed by atoms with Crippen LogP contribution in [0.5, 0.6) is 11.5 Å². The second-order valence-electron chi connectivity index (χ2n) is 8.65. The number of aromatic nitrogens is 4. The summed E-state index contributed by atoms with van der Waals surface area (Å²) < 4.78 is 11.6. The lowest BCUT2D eigenvalue weighted by molar-refractivity contribution is 0.254. The number of likely N-dealkylation sites (tertiary alicyclic amines) is 1.